The number of amidine groups is 1. The molecule has 1 saturated heterocycles. The maximum Gasteiger partial charge on any atom is 0.173 e. The summed E-state index contributed by atoms with van der Waals surface area (Å²) in [4.78, 5) is 4.57. The van der Waals surface area contributed by atoms with Gasteiger partial charge >= 0.3 is 0 Å². The van der Waals surface area contributed by atoms with E-state index < -0.39 is 0 Å². The van der Waals surface area contributed by atoms with Gasteiger partial charge in [0.25, 0.3) is 0 Å². The molecular formula is C14H21BrN4O. The predicted molar refractivity (Wildman–Crippen MR) is 85.6 cm³/mol. The van der Waals surface area contributed by atoms with Gasteiger partial charge in [-0.25, -0.2) is 0 Å². The van der Waals surface area contributed by atoms with E-state index >= 15 is 0 Å². The van der Waals surface area contributed by atoms with Gasteiger partial charge in [-0.2, -0.15) is 0 Å². The first kappa shape index (κ1) is 15.1. The normalized spacial score (nSPS) is 20.5. The van der Waals surface area contributed by atoms with Gasteiger partial charge in [0.2, 0.25) is 0 Å². The van der Waals surface area contributed by atoms with Gasteiger partial charge in [-0.05, 0) is 55.0 Å². The monoisotopic (exact) mass is 340 g/mol. The predicted octanol–water partition coefficient (Wildman–Crippen LogP) is 2.07. The number of hydrogen-bond acceptors (Lipinski definition) is 4. The van der Waals surface area contributed by atoms with Crippen molar-refractivity contribution in [1.82, 2.24) is 4.90 Å². The fraction of sp³-hybridized carbons (Fsp3) is 0.500. The summed E-state index contributed by atoms with van der Waals surface area (Å²) in [6.45, 7) is 1.95. The lowest BCUT2D eigenvalue weighted by Crippen LogP contribution is -2.45. The molecule has 1 fully saturated rings. The van der Waals surface area contributed by atoms with Crippen molar-refractivity contribution in [3.05, 3.63) is 28.2 Å². The van der Waals surface area contributed by atoms with Crippen molar-refractivity contribution < 1.29 is 5.21 Å². The van der Waals surface area contributed by atoms with Gasteiger partial charge in [0.05, 0.1) is 5.56 Å². The summed E-state index contributed by atoms with van der Waals surface area (Å²) in [5.41, 5.74) is 7.60. The molecule has 1 atom stereocenters. The molecule has 20 heavy (non-hydrogen) atoms. The number of oxime groups is 1. The van der Waals surface area contributed by atoms with Gasteiger partial charge in [-0.15, -0.1) is 0 Å². The zero-order valence-electron chi connectivity index (χ0n) is 11.9. The van der Waals surface area contributed by atoms with Gasteiger partial charge in [0.1, 0.15) is 0 Å². The quantitative estimate of drug-likeness (QED) is 0.382. The average Bonchev–Trinajstić information content (AvgIpc) is 2.46. The van der Waals surface area contributed by atoms with E-state index in [9.17, 15) is 0 Å². The van der Waals surface area contributed by atoms with E-state index in [2.05, 4.69) is 45.0 Å². The van der Waals surface area contributed by atoms with Gasteiger partial charge in [0.15, 0.2) is 5.84 Å². The highest BCUT2D eigenvalue weighted by atomic mass is 79.9. The second kappa shape index (κ2) is 6.45. The van der Waals surface area contributed by atoms with Crippen LogP contribution in [0.3, 0.4) is 0 Å². The van der Waals surface area contributed by atoms with E-state index in [0.29, 0.717) is 6.04 Å². The SMILES string of the molecule is CN(C)C1CCCN(c2cccc(Br)c2/C(N)=N/O)C1. The van der Waals surface area contributed by atoms with E-state index in [1.54, 1.807) is 0 Å². The maximum atomic E-state index is 8.99. The molecule has 1 aromatic rings. The molecule has 0 radical (unpaired) electrons. The molecule has 0 saturated carbocycles. The van der Waals surface area contributed by atoms with Crippen molar-refractivity contribution in [1.29, 1.82) is 0 Å². The molecule has 0 spiro atoms. The Morgan fingerprint density at radius 1 is 1.50 bits per heavy atom. The van der Waals surface area contributed by atoms with Crippen molar-refractivity contribution in [2.24, 2.45) is 10.9 Å². The second-order valence-electron chi connectivity index (χ2n) is 5.32. The number of likely N-dealkylation sites (N-methyl/N-ethyl adjacent to an activating group) is 1. The number of rotatable bonds is 3. The van der Waals surface area contributed by atoms with E-state index in [4.69, 9.17) is 10.9 Å². The summed E-state index contributed by atoms with van der Waals surface area (Å²) in [5.74, 6) is 0.138. The van der Waals surface area contributed by atoms with Crippen molar-refractivity contribution >= 4 is 27.5 Å². The van der Waals surface area contributed by atoms with Crippen molar-refractivity contribution in [2.45, 2.75) is 18.9 Å². The Morgan fingerprint density at radius 3 is 2.90 bits per heavy atom. The van der Waals surface area contributed by atoms with E-state index in [1.807, 2.05) is 18.2 Å². The molecule has 0 aromatic heterocycles. The van der Waals surface area contributed by atoms with Crippen LogP contribution in [0.4, 0.5) is 5.69 Å². The molecule has 1 aliphatic heterocycles. The van der Waals surface area contributed by atoms with Crippen LogP contribution in [0.2, 0.25) is 0 Å². The number of nitrogens with zero attached hydrogens (tertiary/aromatic N) is 3. The zero-order valence-corrected chi connectivity index (χ0v) is 13.5. The first-order chi connectivity index (χ1) is 9.54. The van der Waals surface area contributed by atoms with Gasteiger partial charge < -0.3 is 20.7 Å². The molecule has 1 unspecified atom stereocenters. The minimum absolute atomic E-state index is 0.138. The highest BCUT2D eigenvalue weighted by molar-refractivity contribution is 9.10. The van der Waals surface area contributed by atoms with Crippen molar-refractivity contribution in [3.63, 3.8) is 0 Å². The van der Waals surface area contributed by atoms with Crippen molar-refractivity contribution in [2.75, 3.05) is 32.1 Å². The number of piperidine rings is 1. The topological polar surface area (TPSA) is 65.1 Å². The molecule has 2 rings (SSSR count). The molecule has 3 N–H and O–H groups in total. The lowest BCUT2D eigenvalue weighted by atomic mass is 10.0. The Labute approximate surface area is 128 Å². The molecule has 1 aromatic carbocycles. The third-order valence-corrected chi connectivity index (χ3v) is 4.48. The van der Waals surface area contributed by atoms with Crippen LogP contribution in [-0.4, -0.2) is 49.2 Å². The van der Waals surface area contributed by atoms with Crippen LogP contribution in [0.25, 0.3) is 0 Å². The molecule has 5 nitrogen and oxygen atoms in total. The molecule has 1 heterocycles. The molecule has 6 heteroatoms. The minimum Gasteiger partial charge on any atom is -0.409 e. The zero-order chi connectivity index (χ0) is 14.7. The molecule has 0 aliphatic carbocycles. The summed E-state index contributed by atoms with van der Waals surface area (Å²) in [7, 11) is 4.22. The molecular weight excluding hydrogens is 320 g/mol. The summed E-state index contributed by atoms with van der Waals surface area (Å²) in [6, 6.07) is 6.44. The Balaban J connectivity index is 2.35. The van der Waals surface area contributed by atoms with Crippen LogP contribution >= 0.6 is 15.9 Å². The van der Waals surface area contributed by atoms with Crippen molar-refractivity contribution in [3.8, 4) is 0 Å². The Hall–Kier alpha value is -1.27. The maximum absolute atomic E-state index is 8.99. The minimum atomic E-state index is 0.138. The Bertz CT molecular complexity index is 504. The third-order valence-electron chi connectivity index (χ3n) is 3.82. The number of anilines is 1. The van der Waals surface area contributed by atoms with Crippen LogP contribution in [0.1, 0.15) is 18.4 Å². The fourth-order valence-electron chi connectivity index (χ4n) is 2.67. The van der Waals surface area contributed by atoms with E-state index in [-0.39, 0.29) is 5.84 Å². The van der Waals surface area contributed by atoms with Gasteiger partial charge in [-0.1, -0.05) is 11.2 Å². The van der Waals surface area contributed by atoms with E-state index in [0.717, 1.165) is 35.2 Å². The van der Waals surface area contributed by atoms with Gasteiger partial charge in [-0.3, -0.25) is 0 Å². The number of halogens is 1. The molecule has 0 bridgehead atoms. The summed E-state index contributed by atoms with van der Waals surface area (Å²) in [5, 5.41) is 12.1. The van der Waals surface area contributed by atoms with Crippen LogP contribution in [0.5, 0.6) is 0 Å². The third kappa shape index (κ3) is 3.07. The summed E-state index contributed by atoms with van der Waals surface area (Å²) in [6.07, 6.45) is 2.35. The largest absolute Gasteiger partial charge is 0.409 e. The smallest absolute Gasteiger partial charge is 0.173 e. The van der Waals surface area contributed by atoms with Gasteiger partial charge in [0, 0.05) is 29.3 Å². The van der Waals surface area contributed by atoms with Crippen LogP contribution in [-0.2, 0) is 0 Å². The Morgan fingerprint density at radius 2 is 2.25 bits per heavy atom. The average molecular weight is 341 g/mol. The fourth-order valence-corrected chi connectivity index (χ4v) is 3.23. The van der Waals surface area contributed by atoms with Crippen LogP contribution < -0.4 is 10.6 Å². The number of nitrogens with two attached hydrogens (primary N) is 1. The first-order valence-electron chi connectivity index (χ1n) is 6.72. The summed E-state index contributed by atoms with van der Waals surface area (Å²) >= 11 is 3.49. The van der Waals surface area contributed by atoms with Crippen LogP contribution in [0, 0.1) is 0 Å². The lowest BCUT2D eigenvalue weighted by Gasteiger charge is -2.38. The highest BCUT2D eigenvalue weighted by Gasteiger charge is 2.24. The van der Waals surface area contributed by atoms with Crippen LogP contribution in [0.15, 0.2) is 27.8 Å². The van der Waals surface area contributed by atoms with E-state index in [1.165, 1.54) is 6.42 Å². The number of hydrogen-bond donors (Lipinski definition) is 2. The molecule has 1 aliphatic rings. The lowest BCUT2D eigenvalue weighted by molar-refractivity contribution is 0.258. The number of benzene rings is 1. The Kier molecular flexibility index (Phi) is 4.88. The first-order valence-corrected chi connectivity index (χ1v) is 7.51. The molecule has 110 valence electrons. The molecule has 0 amide bonds. The highest BCUT2D eigenvalue weighted by Crippen LogP contribution is 2.30. The second-order valence-corrected chi connectivity index (χ2v) is 6.18. The summed E-state index contributed by atoms with van der Waals surface area (Å²) < 4.78 is 0.845. The standard InChI is InChI=1S/C14H21BrN4O/c1-18(2)10-5-4-8-19(9-10)12-7-3-6-11(15)13(12)14(16)17-20/h3,6-7,10,20H,4-5,8-9H2,1-2H3,(H2,16,17).